The summed E-state index contributed by atoms with van der Waals surface area (Å²) < 4.78 is 15.5. The van der Waals surface area contributed by atoms with Crippen LogP contribution in [0, 0.1) is 11.8 Å². The molecule has 0 spiro atoms. The Morgan fingerprint density at radius 1 is 1.19 bits per heavy atom. The third kappa shape index (κ3) is 4.55. The number of aromatic hydroxyl groups is 1. The minimum atomic E-state index is -0.950. The minimum absolute atomic E-state index is 0.0643. The average Bonchev–Trinajstić information content (AvgIpc) is 2.76. The van der Waals surface area contributed by atoms with Crippen molar-refractivity contribution in [3.63, 3.8) is 0 Å². The van der Waals surface area contributed by atoms with Gasteiger partial charge in [-0.1, -0.05) is 19.1 Å². The first kappa shape index (κ1) is 23.5. The molecule has 1 aliphatic heterocycles. The summed E-state index contributed by atoms with van der Waals surface area (Å²) in [5.74, 6) is -3.41. The molecule has 3 unspecified atom stereocenters. The van der Waals surface area contributed by atoms with Gasteiger partial charge in [-0.15, -0.1) is 0 Å². The van der Waals surface area contributed by atoms with Gasteiger partial charge in [0.1, 0.15) is 18.3 Å². The van der Waals surface area contributed by atoms with Crippen molar-refractivity contribution in [1.29, 1.82) is 0 Å². The van der Waals surface area contributed by atoms with E-state index < -0.39 is 23.8 Å². The second-order valence-electron chi connectivity index (χ2n) is 7.96. The molecule has 1 aromatic carbocycles. The van der Waals surface area contributed by atoms with Crippen LogP contribution in [0.5, 0.6) is 5.75 Å². The van der Waals surface area contributed by atoms with Gasteiger partial charge in [0, 0.05) is 29.5 Å². The molecule has 0 fully saturated rings. The summed E-state index contributed by atoms with van der Waals surface area (Å²) in [7, 11) is 1.26. The number of phenols is 1. The molecule has 32 heavy (non-hydrogen) atoms. The topological polar surface area (TPSA) is 111 Å². The lowest BCUT2D eigenvalue weighted by Gasteiger charge is -2.38. The van der Waals surface area contributed by atoms with Crippen LogP contribution in [0.3, 0.4) is 0 Å². The van der Waals surface area contributed by atoms with E-state index in [4.69, 9.17) is 14.2 Å². The fraction of sp³-hybridized carbons (Fsp3) is 0.458. The van der Waals surface area contributed by atoms with Gasteiger partial charge in [-0.25, -0.2) is 4.79 Å². The molecule has 172 valence electrons. The second kappa shape index (κ2) is 9.99. The average molecular weight is 443 g/mol. The Bertz CT molecular complexity index is 961. The van der Waals surface area contributed by atoms with Crippen molar-refractivity contribution in [2.45, 2.75) is 33.1 Å². The number of carbonyl (C=O) groups is 3. The number of carbonyl (C=O) groups excluding carboxylic acids is 3. The van der Waals surface area contributed by atoms with Crippen LogP contribution < -0.4 is 5.32 Å². The van der Waals surface area contributed by atoms with Crippen LogP contribution in [0.1, 0.15) is 38.7 Å². The maximum absolute atomic E-state index is 13.6. The molecule has 1 heterocycles. The lowest BCUT2D eigenvalue weighted by molar-refractivity contribution is -0.151. The van der Waals surface area contributed by atoms with Crippen LogP contribution in [0.4, 0.5) is 0 Å². The van der Waals surface area contributed by atoms with Crippen molar-refractivity contribution in [2.75, 3.05) is 26.9 Å². The first-order valence-electron chi connectivity index (χ1n) is 10.7. The first-order chi connectivity index (χ1) is 15.3. The van der Waals surface area contributed by atoms with Crippen LogP contribution >= 0.6 is 0 Å². The molecule has 3 rings (SSSR count). The van der Waals surface area contributed by atoms with Gasteiger partial charge in [0.15, 0.2) is 5.78 Å². The van der Waals surface area contributed by atoms with Crippen molar-refractivity contribution in [2.24, 2.45) is 11.8 Å². The Balaban J connectivity index is 2.06. The molecular formula is C24H29NO7. The number of hydrogen-bond acceptors (Lipinski definition) is 8. The monoisotopic (exact) mass is 443 g/mol. The number of phenolic OH excluding ortho intramolecular Hbond substituents is 1. The van der Waals surface area contributed by atoms with Crippen LogP contribution in [-0.2, 0) is 28.6 Å². The molecule has 0 aromatic heterocycles. The van der Waals surface area contributed by atoms with Crippen molar-refractivity contribution in [3.05, 3.63) is 52.4 Å². The molecule has 0 saturated carbocycles. The van der Waals surface area contributed by atoms with E-state index >= 15 is 0 Å². The number of ketones is 1. The Morgan fingerprint density at radius 3 is 2.50 bits per heavy atom. The molecular weight excluding hydrogens is 414 g/mol. The molecule has 8 heteroatoms. The Morgan fingerprint density at radius 2 is 1.88 bits per heavy atom. The van der Waals surface area contributed by atoms with E-state index in [1.165, 1.54) is 19.2 Å². The normalized spacial score (nSPS) is 22.9. The summed E-state index contributed by atoms with van der Waals surface area (Å²) in [4.78, 5) is 39.0. The molecule has 0 radical (unpaired) electrons. The lowest BCUT2D eigenvalue weighted by Crippen LogP contribution is -2.43. The number of rotatable bonds is 7. The van der Waals surface area contributed by atoms with E-state index in [0.29, 0.717) is 35.6 Å². The zero-order valence-corrected chi connectivity index (χ0v) is 18.8. The van der Waals surface area contributed by atoms with Gasteiger partial charge in [0.25, 0.3) is 0 Å². The van der Waals surface area contributed by atoms with Crippen molar-refractivity contribution in [3.8, 4) is 5.75 Å². The van der Waals surface area contributed by atoms with Crippen LogP contribution in [0.25, 0.3) is 0 Å². The molecule has 0 saturated heterocycles. The second-order valence-corrected chi connectivity index (χ2v) is 7.96. The van der Waals surface area contributed by atoms with Gasteiger partial charge in [-0.3, -0.25) is 9.59 Å². The van der Waals surface area contributed by atoms with Gasteiger partial charge >= 0.3 is 11.9 Å². The van der Waals surface area contributed by atoms with E-state index in [0.717, 1.165) is 0 Å². The number of Topliss-reactive ketones (excluding diaryl/α,β-unsaturated/α-hetero) is 1. The molecule has 1 aromatic rings. The summed E-state index contributed by atoms with van der Waals surface area (Å²) in [5, 5.41) is 12.9. The summed E-state index contributed by atoms with van der Waals surface area (Å²) in [5.41, 5.74) is 2.55. The highest BCUT2D eigenvalue weighted by Gasteiger charge is 2.47. The zero-order valence-electron chi connectivity index (χ0n) is 18.8. The number of nitrogens with one attached hydrogen (secondary N) is 1. The zero-order chi connectivity index (χ0) is 23.4. The Kier molecular flexibility index (Phi) is 7.35. The molecule has 2 aliphatic rings. The summed E-state index contributed by atoms with van der Waals surface area (Å²) in [6, 6.07) is 6.32. The third-order valence-corrected chi connectivity index (χ3v) is 5.85. The van der Waals surface area contributed by atoms with Crippen LogP contribution in [0.15, 0.2) is 46.8 Å². The number of benzene rings is 1. The highest BCUT2D eigenvalue weighted by Crippen LogP contribution is 2.45. The number of ether oxygens (including phenoxy) is 3. The lowest BCUT2D eigenvalue weighted by atomic mass is 9.69. The number of methoxy groups -OCH3 is 1. The number of esters is 2. The van der Waals surface area contributed by atoms with E-state index in [9.17, 15) is 19.5 Å². The van der Waals surface area contributed by atoms with Crippen LogP contribution in [0.2, 0.25) is 0 Å². The van der Waals surface area contributed by atoms with Gasteiger partial charge in [-0.2, -0.15) is 0 Å². The van der Waals surface area contributed by atoms with Crippen LogP contribution in [-0.4, -0.2) is 49.8 Å². The fourth-order valence-corrected chi connectivity index (χ4v) is 4.37. The molecule has 2 N–H and O–H groups in total. The van der Waals surface area contributed by atoms with E-state index in [2.05, 4.69) is 5.32 Å². The Labute approximate surface area is 187 Å². The van der Waals surface area contributed by atoms with E-state index in [-0.39, 0.29) is 36.2 Å². The number of dihydropyridines is 1. The smallest absolute Gasteiger partial charge is 0.336 e. The first-order valence-corrected chi connectivity index (χ1v) is 10.7. The van der Waals surface area contributed by atoms with Gasteiger partial charge in [0.05, 0.1) is 19.3 Å². The van der Waals surface area contributed by atoms with Crippen molar-refractivity contribution in [1.82, 2.24) is 5.32 Å². The maximum Gasteiger partial charge on any atom is 0.336 e. The standard InChI is InChI=1S/C24H29NO7/c1-5-31-10-11-32-24(29)19-14(3)25-17-12-13(2)18(23(28)30-4)22(27)21(17)20(19)15-6-8-16(26)9-7-15/h6-9,13,18,20,25-26H,5,10-12H2,1-4H3. The number of allylic oxidation sites excluding steroid dienone is 3. The van der Waals surface area contributed by atoms with Gasteiger partial charge in [-0.05, 0) is 43.9 Å². The summed E-state index contributed by atoms with van der Waals surface area (Å²) in [6.45, 7) is 6.29. The summed E-state index contributed by atoms with van der Waals surface area (Å²) in [6.07, 6.45) is 0.458. The number of hydrogen-bond donors (Lipinski definition) is 2. The van der Waals surface area contributed by atoms with E-state index in [1.807, 2.05) is 13.8 Å². The SMILES string of the molecule is CCOCCOC(=O)C1=C(C)NC2=C(C(=O)C(C(=O)OC)C(C)C2)C1c1ccc(O)cc1. The molecule has 8 nitrogen and oxygen atoms in total. The van der Waals surface area contributed by atoms with Crippen molar-refractivity contribution >= 4 is 17.7 Å². The highest BCUT2D eigenvalue weighted by molar-refractivity contribution is 6.12. The predicted molar refractivity (Wildman–Crippen MR) is 115 cm³/mol. The van der Waals surface area contributed by atoms with Gasteiger partial charge < -0.3 is 24.6 Å². The highest BCUT2D eigenvalue weighted by atomic mass is 16.6. The Hall–Kier alpha value is -3.13. The minimum Gasteiger partial charge on any atom is -0.508 e. The molecule has 1 aliphatic carbocycles. The quantitative estimate of drug-likeness (QED) is 0.376. The molecule has 3 atom stereocenters. The largest absolute Gasteiger partial charge is 0.508 e. The van der Waals surface area contributed by atoms with Crippen molar-refractivity contribution < 1.29 is 33.7 Å². The maximum atomic E-state index is 13.6. The third-order valence-electron chi connectivity index (χ3n) is 5.85. The molecule has 0 amide bonds. The van der Waals surface area contributed by atoms with Gasteiger partial charge in [0.2, 0.25) is 0 Å². The predicted octanol–water partition coefficient (Wildman–Crippen LogP) is 2.58. The van der Waals surface area contributed by atoms with E-state index in [1.54, 1.807) is 19.1 Å². The summed E-state index contributed by atoms with van der Waals surface area (Å²) >= 11 is 0. The fourth-order valence-electron chi connectivity index (χ4n) is 4.37. The molecule has 0 bridgehead atoms.